The van der Waals surface area contributed by atoms with Crippen molar-refractivity contribution in [2.75, 3.05) is 5.73 Å². The fraction of sp³-hybridized carbons (Fsp3) is 0.647. The zero-order valence-electron chi connectivity index (χ0n) is 13.6. The van der Waals surface area contributed by atoms with E-state index in [1.54, 1.807) is 6.07 Å². The number of aromatic nitrogens is 1. The molecule has 0 aliphatic heterocycles. The molecule has 0 radical (unpaired) electrons. The maximum absolute atomic E-state index is 12.5. The molecule has 0 aromatic carbocycles. The molecule has 2 atom stereocenters. The van der Waals surface area contributed by atoms with Crippen LogP contribution < -0.4 is 11.1 Å². The number of nitrogen functional groups attached to an aromatic ring is 1. The molecular weight excluding hydrogens is 262 g/mol. The molecule has 1 aromatic rings. The van der Waals surface area contributed by atoms with Gasteiger partial charge in [0, 0.05) is 22.7 Å². The highest BCUT2D eigenvalue weighted by Gasteiger charge is 2.23. The zero-order valence-corrected chi connectivity index (χ0v) is 13.6. The molecule has 4 nitrogen and oxygen atoms in total. The number of nitrogens with one attached hydrogen (secondary N) is 1. The summed E-state index contributed by atoms with van der Waals surface area (Å²) in [6.45, 7) is 8.46. The highest BCUT2D eigenvalue weighted by atomic mass is 16.1. The van der Waals surface area contributed by atoms with Crippen LogP contribution in [0.15, 0.2) is 12.1 Å². The molecular formula is C17H27N3O. The fourth-order valence-corrected chi connectivity index (χ4v) is 2.90. The molecule has 0 saturated heterocycles. The van der Waals surface area contributed by atoms with Crippen LogP contribution in [0.25, 0.3) is 0 Å². The number of carbonyl (C=O) groups is 1. The second-order valence-corrected chi connectivity index (χ2v) is 7.36. The van der Waals surface area contributed by atoms with Crippen LogP contribution in [0.4, 0.5) is 5.82 Å². The maximum Gasteiger partial charge on any atom is 0.251 e. The largest absolute Gasteiger partial charge is 0.384 e. The summed E-state index contributed by atoms with van der Waals surface area (Å²) < 4.78 is 0. The minimum atomic E-state index is -0.121. The Morgan fingerprint density at radius 3 is 2.67 bits per heavy atom. The van der Waals surface area contributed by atoms with Crippen LogP contribution in [-0.2, 0) is 5.41 Å². The van der Waals surface area contributed by atoms with E-state index in [2.05, 4.69) is 38.0 Å². The summed E-state index contributed by atoms with van der Waals surface area (Å²) in [5, 5.41) is 3.15. The third kappa shape index (κ3) is 4.19. The number of nitrogens with zero attached hydrogens (tertiary/aromatic N) is 1. The van der Waals surface area contributed by atoms with Gasteiger partial charge >= 0.3 is 0 Å². The van der Waals surface area contributed by atoms with E-state index in [0.29, 0.717) is 17.3 Å². The van der Waals surface area contributed by atoms with Crippen LogP contribution in [0.2, 0.25) is 0 Å². The Labute approximate surface area is 127 Å². The average molecular weight is 289 g/mol. The van der Waals surface area contributed by atoms with Gasteiger partial charge in [0.05, 0.1) is 0 Å². The molecule has 3 N–H and O–H groups in total. The van der Waals surface area contributed by atoms with Gasteiger partial charge in [0.15, 0.2) is 0 Å². The van der Waals surface area contributed by atoms with Crippen molar-refractivity contribution in [2.45, 2.75) is 64.8 Å². The molecule has 4 heteroatoms. The SMILES string of the molecule is CC1CCCC(NC(=O)c2cc(N)nc(C(C)(C)C)c2)C1. The summed E-state index contributed by atoms with van der Waals surface area (Å²) in [7, 11) is 0. The third-order valence-corrected chi connectivity index (χ3v) is 4.15. The lowest BCUT2D eigenvalue weighted by atomic mass is 9.87. The highest BCUT2D eigenvalue weighted by molar-refractivity contribution is 5.95. The predicted molar refractivity (Wildman–Crippen MR) is 86.2 cm³/mol. The minimum Gasteiger partial charge on any atom is -0.384 e. The first kappa shape index (κ1) is 15.8. The van der Waals surface area contributed by atoms with E-state index in [1.165, 1.54) is 12.8 Å². The van der Waals surface area contributed by atoms with Gasteiger partial charge in [-0.2, -0.15) is 0 Å². The predicted octanol–water partition coefficient (Wildman–Crippen LogP) is 3.27. The normalized spacial score (nSPS) is 22.9. The van der Waals surface area contributed by atoms with Crippen LogP contribution in [0.3, 0.4) is 0 Å². The van der Waals surface area contributed by atoms with Crippen molar-refractivity contribution in [3.63, 3.8) is 0 Å². The highest BCUT2D eigenvalue weighted by Crippen LogP contribution is 2.25. The number of carbonyl (C=O) groups excluding carboxylic acids is 1. The van der Waals surface area contributed by atoms with Crippen molar-refractivity contribution in [2.24, 2.45) is 5.92 Å². The number of hydrogen-bond donors (Lipinski definition) is 2. The lowest BCUT2D eigenvalue weighted by Gasteiger charge is -2.27. The van der Waals surface area contributed by atoms with E-state index in [-0.39, 0.29) is 17.4 Å². The molecule has 1 aliphatic rings. The summed E-state index contributed by atoms with van der Waals surface area (Å²) in [4.78, 5) is 16.8. The minimum absolute atomic E-state index is 0.0336. The van der Waals surface area contributed by atoms with Gasteiger partial charge in [-0.15, -0.1) is 0 Å². The van der Waals surface area contributed by atoms with Gasteiger partial charge in [-0.05, 0) is 30.9 Å². The molecule has 2 unspecified atom stereocenters. The Kier molecular flexibility index (Phi) is 4.55. The van der Waals surface area contributed by atoms with Gasteiger partial charge in [-0.3, -0.25) is 4.79 Å². The standard InChI is InChI=1S/C17H27N3O/c1-11-6-5-7-13(8-11)19-16(21)12-9-14(17(2,3)4)20-15(18)10-12/h9-11,13H,5-8H2,1-4H3,(H2,18,20)(H,19,21). The van der Waals surface area contributed by atoms with Crippen LogP contribution in [0.5, 0.6) is 0 Å². The van der Waals surface area contributed by atoms with E-state index in [4.69, 9.17) is 5.73 Å². The fourth-order valence-electron chi connectivity index (χ4n) is 2.90. The first-order valence-corrected chi connectivity index (χ1v) is 7.84. The number of anilines is 1. The molecule has 0 spiro atoms. The Bertz CT molecular complexity index is 519. The zero-order chi connectivity index (χ0) is 15.6. The van der Waals surface area contributed by atoms with Crippen molar-refractivity contribution in [3.05, 3.63) is 23.4 Å². The van der Waals surface area contributed by atoms with E-state index >= 15 is 0 Å². The lowest BCUT2D eigenvalue weighted by Crippen LogP contribution is -2.38. The van der Waals surface area contributed by atoms with E-state index in [0.717, 1.165) is 18.5 Å². The van der Waals surface area contributed by atoms with Crippen molar-refractivity contribution in [3.8, 4) is 0 Å². The molecule has 2 rings (SSSR count). The number of nitrogens with two attached hydrogens (primary N) is 1. The van der Waals surface area contributed by atoms with Gasteiger partial charge in [-0.1, -0.05) is 40.5 Å². The Morgan fingerprint density at radius 2 is 2.05 bits per heavy atom. The molecule has 1 fully saturated rings. The van der Waals surface area contributed by atoms with Crippen LogP contribution in [0, 0.1) is 5.92 Å². The third-order valence-electron chi connectivity index (χ3n) is 4.15. The molecule has 1 aliphatic carbocycles. The first-order chi connectivity index (χ1) is 9.75. The van der Waals surface area contributed by atoms with Gasteiger partial charge < -0.3 is 11.1 Å². The van der Waals surface area contributed by atoms with Crippen molar-refractivity contribution in [1.82, 2.24) is 10.3 Å². The summed E-state index contributed by atoms with van der Waals surface area (Å²) in [6.07, 6.45) is 4.60. The molecule has 1 heterocycles. The number of pyridine rings is 1. The number of amides is 1. The number of rotatable bonds is 2. The van der Waals surface area contributed by atoms with Crippen molar-refractivity contribution >= 4 is 11.7 Å². The van der Waals surface area contributed by atoms with E-state index in [9.17, 15) is 4.79 Å². The molecule has 1 saturated carbocycles. The molecule has 116 valence electrons. The average Bonchev–Trinajstić information content (AvgIpc) is 2.37. The maximum atomic E-state index is 12.5. The van der Waals surface area contributed by atoms with Gasteiger partial charge in [0.1, 0.15) is 5.82 Å². The van der Waals surface area contributed by atoms with Crippen molar-refractivity contribution < 1.29 is 4.79 Å². The summed E-state index contributed by atoms with van der Waals surface area (Å²) in [6, 6.07) is 3.81. The van der Waals surface area contributed by atoms with Gasteiger partial charge in [0.2, 0.25) is 0 Å². The quantitative estimate of drug-likeness (QED) is 0.878. The van der Waals surface area contributed by atoms with Crippen LogP contribution in [0.1, 0.15) is 69.4 Å². The summed E-state index contributed by atoms with van der Waals surface area (Å²) >= 11 is 0. The molecule has 1 aromatic heterocycles. The molecule has 21 heavy (non-hydrogen) atoms. The van der Waals surface area contributed by atoms with Gasteiger partial charge in [0.25, 0.3) is 5.91 Å². The number of hydrogen-bond acceptors (Lipinski definition) is 3. The molecule has 1 amide bonds. The Hall–Kier alpha value is -1.58. The lowest BCUT2D eigenvalue weighted by molar-refractivity contribution is 0.0921. The Balaban J connectivity index is 2.13. The van der Waals surface area contributed by atoms with Crippen LogP contribution >= 0.6 is 0 Å². The topological polar surface area (TPSA) is 68.0 Å². The van der Waals surface area contributed by atoms with E-state index in [1.807, 2.05) is 6.07 Å². The van der Waals surface area contributed by atoms with Crippen molar-refractivity contribution in [1.29, 1.82) is 0 Å². The summed E-state index contributed by atoms with van der Waals surface area (Å²) in [5.74, 6) is 1.06. The Morgan fingerprint density at radius 1 is 1.33 bits per heavy atom. The summed E-state index contributed by atoms with van der Waals surface area (Å²) in [5.41, 5.74) is 7.20. The monoisotopic (exact) mass is 289 g/mol. The molecule has 0 bridgehead atoms. The first-order valence-electron chi connectivity index (χ1n) is 7.84. The second kappa shape index (κ2) is 6.04. The van der Waals surface area contributed by atoms with E-state index < -0.39 is 0 Å². The second-order valence-electron chi connectivity index (χ2n) is 7.36. The van der Waals surface area contributed by atoms with Gasteiger partial charge in [-0.25, -0.2) is 4.98 Å². The van der Waals surface area contributed by atoms with Crippen LogP contribution in [-0.4, -0.2) is 16.9 Å². The smallest absolute Gasteiger partial charge is 0.251 e.